The van der Waals surface area contributed by atoms with Crippen LogP contribution in [-0.2, 0) is 9.53 Å². The molecule has 0 N–H and O–H groups in total. The van der Waals surface area contributed by atoms with Crippen molar-refractivity contribution in [3.05, 3.63) is 64.8 Å². The molecule has 138 valence electrons. The van der Waals surface area contributed by atoms with Crippen molar-refractivity contribution in [1.82, 2.24) is 4.90 Å². The Labute approximate surface area is 162 Å². The predicted octanol–water partition coefficient (Wildman–Crippen LogP) is 4.62. The summed E-state index contributed by atoms with van der Waals surface area (Å²) in [6.45, 7) is 3.99. The van der Waals surface area contributed by atoms with Crippen LogP contribution in [0.3, 0.4) is 0 Å². The van der Waals surface area contributed by atoms with E-state index in [9.17, 15) is 4.79 Å². The average Bonchev–Trinajstić information content (AvgIpc) is 3.14. The summed E-state index contributed by atoms with van der Waals surface area (Å²) < 4.78 is 11.1. The van der Waals surface area contributed by atoms with Gasteiger partial charge >= 0.3 is 5.97 Å². The van der Waals surface area contributed by atoms with Gasteiger partial charge in [0.05, 0.1) is 31.0 Å². The number of carbonyl (C=O) groups is 1. The van der Waals surface area contributed by atoms with E-state index in [1.807, 2.05) is 54.6 Å². The number of fused-ring (bicyclic) bond motifs is 2. The Hall–Kier alpha value is -2.73. The number of amidine groups is 1. The fraction of sp³-hybridized carbons (Fsp3) is 0.238. The minimum absolute atomic E-state index is 0.316. The zero-order valence-corrected chi connectivity index (χ0v) is 16.2. The second-order valence-corrected chi connectivity index (χ2v) is 7.10. The van der Waals surface area contributed by atoms with Crippen LogP contribution in [0.4, 0.5) is 0 Å². The maximum atomic E-state index is 12.9. The normalized spacial score (nSPS) is 18.6. The molecule has 2 aliphatic heterocycles. The summed E-state index contributed by atoms with van der Waals surface area (Å²) >= 11 is 1.54. The minimum Gasteiger partial charge on any atom is -0.496 e. The monoisotopic (exact) mass is 380 g/mol. The molecule has 2 aliphatic rings. The van der Waals surface area contributed by atoms with Crippen molar-refractivity contribution in [3.63, 3.8) is 0 Å². The van der Waals surface area contributed by atoms with Crippen LogP contribution in [-0.4, -0.2) is 29.8 Å². The molecule has 0 saturated carbocycles. The summed E-state index contributed by atoms with van der Waals surface area (Å²) in [6, 6.07) is 11.8. The van der Waals surface area contributed by atoms with E-state index in [1.165, 1.54) is 0 Å². The van der Waals surface area contributed by atoms with E-state index in [2.05, 4.69) is 17.1 Å². The first-order valence-electron chi connectivity index (χ1n) is 8.79. The van der Waals surface area contributed by atoms with E-state index in [1.54, 1.807) is 18.9 Å². The van der Waals surface area contributed by atoms with Crippen LogP contribution < -0.4 is 4.74 Å². The van der Waals surface area contributed by atoms with Crippen molar-refractivity contribution in [2.75, 3.05) is 13.7 Å². The molecule has 0 bridgehead atoms. The second kappa shape index (κ2) is 7.12. The SMILES string of the molecule is CCOC(=O)C1=C(C)N=C2SC=CN2[C@@H]1c1c(OC)ccc2ccccc12. The standard InChI is InChI=1S/C21H20N2O3S/c1-4-26-20(24)17-13(2)22-21-23(11-12-27-21)19(17)18-15-8-6-5-7-14(15)9-10-16(18)25-3/h5-12,19H,4H2,1-3H3/t19-/m0/s1. The molecule has 2 aromatic rings. The van der Waals surface area contributed by atoms with Gasteiger partial charge in [0.15, 0.2) is 5.17 Å². The number of allylic oxidation sites excluding steroid dienone is 1. The van der Waals surface area contributed by atoms with Crippen molar-refractivity contribution in [2.45, 2.75) is 19.9 Å². The molecule has 5 nitrogen and oxygen atoms in total. The maximum Gasteiger partial charge on any atom is 0.338 e. The molecule has 0 aromatic heterocycles. The van der Waals surface area contributed by atoms with Gasteiger partial charge < -0.3 is 14.4 Å². The molecule has 0 amide bonds. The van der Waals surface area contributed by atoms with Crippen LogP contribution >= 0.6 is 11.8 Å². The van der Waals surface area contributed by atoms with Gasteiger partial charge in [0.1, 0.15) is 5.75 Å². The Morgan fingerprint density at radius 3 is 2.85 bits per heavy atom. The summed E-state index contributed by atoms with van der Waals surface area (Å²) in [5.74, 6) is 0.392. The minimum atomic E-state index is -0.358. The van der Waals surface area contributed by atoms with Crippen LogP contribution in [0.2, 0.25) is 0 Å². The summed E-state index contributed by atoms with van der Waals surface area (Å²) in [4.78, 5) is 19.5. The van der Waals surface area contributed by atoms with E-state index in [4.69, 9.17) is 9.47 Å². The second-order valence-electron chi connectivity index (χ2n) is 6.23. The molecule has 2 aromatic carbocycles. The van der Waals surface area contributed by atoms with Crippen LogP contribution in [0.25, 0.3) is 10.8 Å². The number of esters is 1. The smallest absolute Gasteiger partial charge is 0.338 e. The Morgan fingerprint density at radius 1 is 1.26 bits per heavy atom. The lowest BCUT2D eigenvalue weighted by atomic mass is 9.90. The predicted molar refractivity (Wildman–Crippen MR) is 109 cm³/mol. The molecule has 6 heteroatoms. The van der Waals surface area contributed by atoms with E-state index < -0.39 is 0 Å². The molecule has 0 saturated heterocycles. The molecule has 0 unspecified atom stereocenters. The summed E-state index contributed by atoms with van der Waals surface area (Å²) in [7, 11) is 1.65. The van der Waals surface area contributed by atoms with Crippen LogP contribution in [0.15, 0.2) is 64.3 Å². The molecule has 1 atom stereocenters. The van der Waals surface area contributed by atoms with Crippen LogP contribution in [0.1, 0.15) is 25.5 Å². The fourth-order valence-electron chi connectivity index (χ4n) is 3.59. The van der Waals surface area contributed by atoms with Crippen molar-refractivity contribution in [2.24, 2.45) is 4.99 Å². The van der Waals surface area contributed by atoms with Gasteiger partial charge in [-0.2, -0.15) is 0 Å². The Bertz CT molecular complexity index is 1010. The topological polar surface area (TPSA) is 51.1 Å². The summed E-state index contributed by atoms with van der Waals surface area (Å²) in [6.07, 6.45) is 1.96. The quantitative estimate of drug-likeness (QED) is 0.725. The first kappa shape index (κ1) is 17.7. The lowest BCUT2D eigenvalue weighted by molar-refractivity contribution is -0.139. The lowest BCUT2D eigenvalue weighted by Gasteiger charge is -2.34. The molecule has 0 aliphatic carbocycles. The molecular weight excluding hydrogens is 360 g/mol. The fourth-order valence-corrected chi connectivity index (χ4v) is 4.38. The number of thioether (sulfide) groups is 1. The molecule has 0 spiro atoms. The van der Waals surface area contributed by atoms with Gasteiger partial charge in [0, 0.05) is 11.8 Å². The van der Waals surface area contributed by atoms with Crippen molar-refractivity contribution in [1.29, 1.82) is 0 Å². The number of benzene rings is 2. The van der Waals surface area contributed by atoms with Gasteiger partial charge in [0.2, 0.25) is 0 Å². The lowest BCUT2D eigenvalue weighted by Crippen LogP contribution is -2.34. The van der Waals surface area contributed by atoms with Crippen molar-refractivity contribution in [3.8, 4) is 5.75 Å². The van der Waals surface area contributed by atoms with Gasteiger partial charge in [-0.25, -0.2) is 9.79 Å². The first-order chi connectivity index (χ1) is 13.2. The molecule has 0 radical (unpaired) electrons. The number of carbonyl (C=O) groups excluding carboxylic acids is 1. The van der Waals surface area contributed by atoms with Gasteiger partial charge in [-0.3, -0.25) is 0 Å². The Kier molecular flexibility index (Phi) is 4.66. The summed E-state index contributed by atoms with van der Waals surface area (Å²) in [5, 5.41) is 4.96. The first-order valence-corrected chi connectivity index (χ1v) is 9.67. The van der Waals surface area contributed by atoms with Gasteiger partial charge in [-0.1, -0.05) is 42.1 Å². The average molecular weight is 380 g/mol. The highest BCUT2D eigenvalue weighted by molar-refractivity contribution is 8.16. The molecular formula is C21H20N2O3S. The molecule has 27 heavy (non-hydrogen) atoms. The highest BCUT2D eigenvalue weighted by atomic mass is 32.2. The molecule has 4 rings (SSSR count). The number of hydrogen-bond donors (Lipinski definition) is 0. The van der Waals surface area contributed by atoms with E-state index >= 15 is 0 Å². The third-order valence-electron chi connectivity index (χ3n) is 4.74. The number of ether oxygens (including phenoxy) is 2. The van der Waals surface area contributed by atoms with Crippen LogP contribution in [0.5, 0.6) is 5.75 Å². The van der Waals surface area contributed by atoms with E-state index in [0.717, 1.165) is 27.3 Å². The Morgan fingerprint density at radius 2 is 2.07 bits per heavy atom. The summed E-state index contributed by atoms with van der Waals surface area (Å²) in [5.41, 5.74) is 2.16. The number of rotatable bonds is 4. The van der Waals surface area contributed by atoms with E-state index in [0.29, 0.717) is 17.9 Å². The number of nitrogens with zero attached hydrogens (tertiary/aromatic N) is 2. The van der Waals surface area contributed by atoms with Crippen LogP contribution in [0, 0.1) is 0 Å². The third-order valence-corrected chi connectivity index (χ3v) is 5.51. The van der Waals surface area contributed by atoms with Gasteiger partial charge in [-0.15, -0.1) is 0 Å². The zero-order chi connectivity index (χ0) is 19.0. The van der Waals surface area contributed by atoms with Gasteiger partial charge in [0.25, 0.3) is 0 Å². The number of methoxy groups -OCH3 is 1. The maximum absolute atomic E-state index is 12.9. The van der Waals surface area contributed by atoms with Gasteiger partial charge in [-0.05, 0) is 36.1 Å². The highest BCUT2D eigenvalue weighted by Crippen LogP contribution is 2.46. The highest BCUT2D eigenvalue weighted by Gasteiger charge is 2.39. The zero-order valence-electron chi connectivity index (χ0n) is 15.4. The number of hydrogen-bond acceptors (Lipinski definition) is 6. The molecule has 0 fully saturated rings. The molecule has 2 heterocycles. The Balaban J connectivity index is 2.00. The van der Waals surface area contributed by atoms with Crippen molar-refractivity contribution >= 4 is 33.7 Å². The van der Waals surface area contributed by atoms with Crippen molar-refractivity contribution < 1.29 is 14.3 Å². The third kappa shape index (κ3) is 2.90. The largest absolute Gasteiger partial charge is 0.496 e. The van der Waals surface area contributed by atoms with E-state index in [-0.39, 0.29) is 12.0 Å². The number of aliphatic imine (C=N–C) groups is 1.